The van der Waals surface area contributed by atoms with Gasteiger partial charge in [0.15, 0.2) is 0 Å². The van der Waals surface area contributed by atoms with Crippen LogP contribution in [0.2, 0.25) is 0 Å². The molecule has 1 amide bonds. The van der Waals surface area contributed by atoms with E-state index in [-0.39, 0.29) is 17.8 Å². The molecule has 0 unspecified atom stereocenters. The number of hydrogen-bond donors (Lipinski definition) is 2. The number of nitrogens with one attached hydrogen (secondary N) is 1. The molecule has 5 heteroatoms. The molecule has 4 rings (SSSR count). The molecule has 2 aliphatic rings. The lowest BCUT2D eigenvalue weighted by atomic mass is 9.93. The first-order valence-electron chi connectivity index (χ1n) is 9.64. The predicted molar refractivity (Wildman–Crippen MR) is 105 cm³/mol. The Morgan fingerprint density at radius 1 is 1.22 bits per heavy atom. The fourth-order valence-electron chi connectivity index (χ4n) is 4.03. The Bertz CT molecular complexity index is 815. The number of fused-ring (bicyclic) bond motifs is 1. The van der Waals surface area contributed by atoms with Crippen molar-refractivity contribution < 1.29 is 14.6 Å². The van der Waals surface area contributed by atoms with Crippen molar-refractivity contribution in [3.63, 3.8) is 0 Å². The summed E-state index contributed by atoms with van der Waals surface area (Å²) in [6, 6.07) is 15.0. The maximum Gasteiger partial charge on any atom is 0.257 e. The SMILES string of the molecule is C[C@]1(CCc2ccc(O)cc2)Nc2ccccc2C(=O)N1C[C@@H]1CCCO1. The molecule has 2 aliphatic heterocycles. The van der Waals surface area contributed by atoms with Gasteiger partial charge in [-0.15, -0.1) is 0 Å². The number of para-hydroxylation sites is 1. The fourth-order valence-corrected chi connectivity index (χ4v) is 4.03. The summed E-state index contributed by atoms with van der Waals surface area (Å²) in [7, 11) is 0. The van der Waals surface area contributed by atoms with E-state index in [2.05, 4.69) is 12.2 Å². The number of nitrogens with zero attached hydrogens (tertiary/aromatic N) is 1. The predicted octanol–water partition coefficient (Wildman–Crippen LogP) is 3.79. The maximum absolute atomic E-state index is 13.3. The van der Waals surface area contributed by atoms with Gasteiger partial charge in [0.25, 0.3) is 5.91 Å². The van der Waals surface area contributed by atoms with E-state index in [4.69, 9.17) is 4.74 Å². The lowest BCUT2D eigenvalue weighted by Gasteiger charge is -2.47. The molecule has 1 fully saturated rings. The van der Waals surface area contributed by atoms with Gasteiger partial charge >= 0.3 is 0 Å². The zero-order valence-electron chi connectivity index (χ0n) is 15.6. The Labute approximate surface area is 160 Å². The van der Waals surface area contributed by atoms with Crippen LogP contribution in [0.3, 0.4) is 0 Å². The average molecular weight is 366 g/mol. The summed E-state index contributed by atoms with van der Waals surface area (Å²) >= 11 is 0. The van der Waals surface area contributed by atoms with E-state index in [1.807, 2.05) is 41.3 Å². The van der Waals surface area contributed by atoms with Crippen LogP contribution in [0.5, 0.6) is 5.75 Å². The van der Waals surface area contributed by atoms with Gasteiger partial charge in [-0.25, -0.2) is 0 Å². The second-order valence-corrected chi connectivity index (χ2v) is 7.66. The van der Waals surface area contributed by atoms with Crippen molar-refractivity contribution in [1.29, 1.82) is 0 Å². The van der Waals surface area contributed by atoms with Gasteiger partial charge in [0, 0.05) is 18.8 Å². The van der Waals surface area contributed by atoms with Crippen LogP contribution in [-0.4, -0.2) is 40.8 Å². The first kappa shape index (κ1) is 17.9. The Kier molecular flexibility index (Phi) is 4.79. The second-order valence-electron chi connectivity index (χ2n) is 7.66. The van der Waals surface area contributed by atoms with Crippen molar-refractivity contribution in [3.05, 3.63) is 59.7 Å². The highest BCUT2D eigenvalue weighted by molar-refractivity contribution is 6.02. The van der Waals surface area contributed by atoms with Crippen LogP contribution in [0.1, 0.15) is 42.1 Å². The van der Waals surface area contributed by atoms with E-state index < -0.39 is 5.66 Å². The number of ether oxygens (including phenoxy) is 1. The molecule has 0 aromatic heterocycles. The topological polar surface area (TPSA) is 61.8 Å². The molecule has 2 atom stereocenters. The molecule has 0 saturated carbocycles. The Morgan fingerprint density at radius 3 is 2.74 bits per heavy atom. The van der Waals surface area contributed by atoms with E-state index in [1.165, 1.54) is 0 Å². The minimum Gasteiger partial charge on any atom is -0.508 e. The third-order valence-corrected chi connectivity index (χ3v) is 5.65. The molecule has 2 aromatic rings. The minimum absolute atomic E-state index is 0.0630. The summed E-state index contributed by atoms with van der Waals surface area (Å²) in [5.41, 5.74) is 2.26. The van der Waals surface area contributed by atoms with Crippen LogP contribution < -0.4 is 5.32 Å². The molecule has 0 radical (unpaired) electrons. The molecule has 2 heterocycles. The molecule has 5 nitrogen and oxygen atoms in total. The lowest BCUT2D eigenvalue weighted by molar-refractivity contribution is 0.0233. The van der Waals surface area contributed by atoms with Crippen LogP contribution in [0.4, 0.5) is 5.69 Å². The number of benzene rings is 2. The number of hydrogen-bond acceptors (Lipinski definition) is 4. The second kappa shape index (κ2) is 7.24. The molecular formula is C22H26N2O3. The number of aryl methyl sites for hydroxylation is 1. The van der Waals surface area contributed by atoms with Crippen LogP contribution in [0, 0.1) is 0 Å². The van der Waals surface area contributed by atoms with Crippen LogP contribution in [0.15, 0.2) is 48.5 Å². The smallest absolute Gasteiger partial charge is 0.257 e. The zero-order chi connectivity index (χ0) is 18.9. The largest absolute Gasteiger partial charge is 0.508 e. The summed E-state index contributed by atoms with van der Waals surface area (Å²) in [4.78, 5) is 15.2. The average Bonchev–Trinajstić information content (AvgIpc) is 3.18. The molecule has 0 aliphatic carbocycles. The van der Waals surface area contributed by atoms with E-state index in [9.17, 15) is 9.90 Å². The molecular weight excluding hydrogens is 340 g/mol. The van der Waals surface area contributed by atoms with Crippen molar-refractivity contribution >= 4 is 11.6 Å². The summed E-state index contributed by atoms with van der Waals surface area (Å²) in [5, 5.41) is 13.1. The quantitative estimate of drug-likeness (QED) is 0.845. The monoisotopic (exact) mass is 366 g/mol. The van der Waals surface area contributed by atoms with Gasteiger partial charge in [0.2, 0.25) is 0 Å². The summed E-state index contributed by atoms with van der Waals surface area (Å²) < 4.78 is 5.81. The number of anilines is 1. The van der Waals surface area contributed by atoms with Crippen molar-refractivity contribution in [1.82, 2.24) is 4.90 Å². The maximum atomic E-state index is 13.3. The van der Waals surface area contributed by atoms with E-state index in [1.54, 1.807) is 12.1 Å². The number of phenolic OH excluding ortho intramolecular Hbond substituents is 1. The summed E-state index contributed by atoms with van der Waals surface area (Å²) in [6.45, 7) is 3.48. The van der Waals surface area contributed by atoms with E-state index in [0.29, 0.717) is 6.54 Å². The normalized spacial score (nSPS) is 24.6. The molecule has 27 heavy (non-hydrogen) atoms. The summed E-state index contributed by atoms with van der Waals surface area (Å²) in [5.74, 6) is 0.331. The first-order chi connectivity index (χ1) is 13.0. The molecule has 2 aromatic carbocycles. The number of rotatable bonds is 5. The van der Waals surface area contributed by atoms with E-state index in [0.717, 1.165) is 49.1 Å². The Morgan fingerprint density at radius 2 is 2.00 bits per heavy atom. The number of carbonyl (C=O) groups is 1. The lowest BCUT2D eigenvalue weighted by Crippen LogP contribution is -2.60. The molecule has 142 valence electrons. The summed E-state index contributed by atoms with van der Waals surface area (Å²) in [6.07, 6.45) is 3.74. The highest BCUT2D eigenvalue weighted by Gasteiger charge is 2.42. The van der Waals surface area contributed by atoms with Crippen LogP contribution in [-0.2, 0) is 11.2 Å². The number of phenols is 1. The number of carbonyl (C=O) groups excluding carboxylic acids is 1. The van der Waals surface area contributed by atoms with Gasteiger partial charge in [-0.2, -0.15) is 0 Å². The molecule has 0 spiro atoms. The van der Waals surface area contributed by atoms with Gasteiger partial charge in [-0.1, -0.05) is 24.3 Å². The molecule has 0 bridgehead atoms. The van der Waals surface area contributed by atoms with Gasteiger partial charge in [-0.3, -0.25) is 4.79 Å². The third kappa shape index (κ3) is 3.65. The standard InChI is InChI=1S/C22H26N2O3/c1-22(13-12-16-8-10-17(25)11-9-16)23-20-7-3-2-6-19(20)21(26)24(22)15-18-5-4-14-27-18/h2-3,6-11,18,23,25H,4-5,12-15H2,1H3/t18-,22-/m0/s1. The van der Waals surface area contributed by atoms with Crippen molar-refractivity contribution in [2.75, 3.05) is 18.5 Å². The molecule has 2 N–H and O–H groups in total. The number of aromatic hydroxyl groups is 1. The van der Waals surface area contributed by atoms with Crippen LogP contribution in [0.25, 0.3) is 0 Å². The van der Waals surface area contributed by atoms with Crippen molar-refractivity contribution in [2.45, 2.75) is 44.4 Å². The van der Waals surface area contributed by atoms with Gasteiger partial charge in [0.05, 0.1) is 11.7 Å². The first-order valence-corrected chi connectivity index (χ1v) is 9.64. The molecule has 1 saturated heterocycles. The van der Waals surface area contributed by atoms with Crippen LogP contribution >= 0.6 is 0 Å². The van der Waals surface area contributed by atoms with Crippen molar-refractivity contribution in [2.24, 2.45) is 0 Å². The Balaban J connectivity index is 1.59. The zero-order valence-corrected chi connectivity index (χ0v) is 15.6. The van der Waals surface area contributed by atoms with Gasteiger partial charge in [-0.05, 0) is 62.4 Å². The number of amides is 1. The minimum atomic E-state index is -0.491. The highest BCUT2D eigenvalue weighted by Crippen LogP contribution is 2.35. The third-order valence-electron chi connectivity index (χ3n) is 5.65. The van der Waals surface area contributed by atoms with Crippen molar-refractivity contribution in [3.8, 4) is 5.75 Å². The van der Waals surface area contributed by atoms with Gasteiger partial charge < -0.3 is 20.1 Å². The van der Waals surface area contributed by atoms with E-state index >= 15 is 0 Å². The Hall–Kier alpha value is -2.53. The fraction of sp³-hybridized carbons (Fsp3) is 0.409. The van der Waals surface area contributed by atoms with Gasteiger partial charge in [0.1, 0.15) is 11.4 Å². The highest BCUT2D eigenvalue weighted by atomic mass is 16.5.